The minimum absolute atomic E-state index is 0.754. The van der Waals surface area contributed by atoms with E-state index >= 15 is 0 Å². The van der Waals surface area contributed by atoms with Crippen molar-refractivity contribution in [3.8, 4) is 0 Å². The molecule has 2 nitrogen and oxygen atoms in total. The number of para-hydroxylation sites is 1. The zero-order valence-electron chi connectivity index (χ0n) is 8.11. The summed E-state index contributed by atoms with van der Waals surface area (Å²) in [6, 6.07) is 6.35. The van der Waals surface area contributed by atoms with Crippen molar-refractivity contribution in [3.63, 3.8) is 0 Å². The fraction of sp³-hybridized carbons (Fsp3) is 0.300. The maximum atomic E-state index is 4.45. The summed E-state index contributed by atoms with van der Waals surface area (Å²) in [5.41, 5.74) is 2.42. The van der Waals surface area contributed by atoms with Crippen molar-refractivity contribution in [2.45, 2.75) is 4.90 Å². The van der Waals surface area contributed by atoms with Crippen molar-refractivity contribution in [1.82, 2.24) is 4.48 Å². The van der Waals surface area contributed by atoms with Crippen LogP contribution in [-0.2, 0) is 0 Å². The van der Waals surface area contributed by atoms with Gasteiger partial charge in [0, 0.05) is 11.0 Å². The first kappa shape index (κ1) is 8.78. The average Bonchev–Trinajstić information content (AvgIpc) is 2.43. The summed E-state index contributed by atoms with van der Waals surface area (Å²) < 4.78 is 0.754. The number of nitrogens with zero attached hydrogens (tertiary/aromatic N) is 2. The first-order chi connectivity index (χ1) is 6.15. The molecular formula is C10H13N2S+. The van der Waals surface area contributed by atoms with Crippen LogP contribution in [0.25, 0.3) is 0 Å². The van der Waals surface area contributed by atoms with E-state index < -0.39 is 0 Å². The monoisotopic (exact) mass is 193 g/mol. The quantitative estimate of drug-likeness (QED) is 0.493. The van der Waals surface area contributed by atoms with Crippen LogP contribution in [0, 0.1) is 0 Å². The number of quaternary nitrogens is 1. The summed E-state index contributed by atoms with van der Waals surface area (Å²) in [5.74, 6) is 0. The van der Waals surface area contributed by atoms with Gasteiger partial charge in [-0.3, -0.25) is 4.48 Å². The van der Waals surface area contributed by atoms with E-state index in [0.717, 1.165) is 10.2 Å². The Balaban J connectivity index is 2.62. The van der Waals surface area contributed by atoms with E-state index in [-0.39, 0.29) is 0 Å². The number of fused-ring (bicyclic) bond motifs is 1. The highest BCUT2D eigenvalue weighted by Crippen LogP contribution is 2.41. The standard InChI is InChI=1S/C10H13N2S/c1-12(2)7-11-10-8(12)5-4-6-9(10)13-3/h4-7H,1-3H3/q+1. The van der Waals surface area contributed by atoms with Crippen LogP contribution in [0.4, 0.5) is 11.4 Å². The van der Waals surface area contributed by atoms with Crippen LogP contribution >= 0.6 is 11.8 Å². The van der Waals surface area contributed by atoms with Gasteiger partial charge >= 0.3 is 0 Å². The third kappa shape index (κ3) is 1.28. The lowest BCUT2D eigenvalue weighted by atomic mass is 10.2. The fourth-order valence-electron chi connectivity index (χ4n) is 1.53. The van der Waals surface area contributed by atoms with Gasteiger partial charge in [-0.15, -0.1) is 11.8 Å². The largest absolute Gasteiger partial charge is 0.252 e. The molecule has 0 amide bonds. The lowest BCUT2D eigenvalue weighted by Gasteiger charge is -2.19. The molecule has 13 heavy (non-hydrogen) atoms. The molecule has 0 bridgehead atoms. The van der Waals surface area contributed by atoms with Crippen molar-refractivity contribution < 1.29 is 0 Å². The summed E-state index contributed by atoms with van der Waals surface area (Å²) >= 11 is 1.75. The second kappa shape index (κ2) is 2.86. The Hall–Kier alpha value is -0.800. The third-order valence-electron chi connectivity index (χ3n) is 2.29. The Bertz CT molecular complexity index is 369. The van der Waals surface area contributed by atoms with Crippen LogP contribution in [0.1, 0.15) is 0 Å². The van der Waals surface area contributed by atoms with Crippen LogP contribution in [0.15, 0.2) is 28.1 Å². The third-order valence-corrected chi connectivity index (χ3v) is 3.06. The highest BCUT2D eigenvalue weighted by atomic mass is 32.2. The van der Waals surface area contributed by atoms with E-state index in [1.807, 2.05) is 6.34 Å². The zero-order valence-corrected chi connectivity index (χ0v) is 8.93. The molecule has 0 atom stereocenters. The molecule has 0 spiro atoms. The molecule has 1 heterocycles. The molecule has 0 aliphatic carbocycles. The number of hydrogen-bond donors (Lipinski definition) is 0. The molecule has 3 heteroatoms. The van der Waals surface area contributed by atoms with Crippen molar-refractivity contribution in [2.75, 3.05) is 20.4 Å². The van der Waals surface area contributed by atoms with Crippen LogP contribution in [0.2, 0.25) is 0 Å². The predicted octanol–water partition coefficient (Wildman–Crippen LogP) is 2.65. The van der Waals surface area contributed by atoms with Crippen LogP contribution in [0.3, 0.4) is 0 Å². The molecule has 1 aromatic rings. The number of thioether (sulfide) groups is 1. The van der Waals surface area contributed by atoms with E-state index in [4.69, 9.17) is 0 Å². The zero-order chi connectivity index (χ0) is 9.47. The van der Waals surface area contributed by atoms with Crippen LogP contribution in [0.5, 0.6) is 0 Å². The number of hydrogen-bond acceptors (Lipinski definition) is 2. The minimum Gasteiger partial charge on any atom is -0.252 e. The van der Waals surface area contributed by atoms with E-state index in [1.54, 1.807) is 11.8 Å². The molecule has 0 N–H and O–H groups in total. The van der Waals surface area contributed by atoms with E-state index in [2.05, 4.69) is 43.5 Å². The van der Waals surface area contributed by atoms with Crippen molar-refractivity contribution >= 4 is 29.5 Å². The molecule has 0 saturated heterocycles. The molecule has 0 radical (unpaired) electrons. The van der Waals surface area contributed by atoms with Crippen LogP contribution < -0.4 is 4.48 Å². The summed E-state index contributed by atoms with van der Waals surface area (Å²) in [4.78, 5) is 5.71. The molecule has 68 valence electrons. The smallest absolute Gasteiger partial charge is 0.195 e. The number of benzene rings is 1. The predicted molar refractivity (Wildman–Crippen MR) is 60.0 cm³/mol. The first-order valence-corrected chi connectivity index (χ1v) is 5.44. The Morgan fingerprint density at radius 3 is 2.77 bits per heavy atom. The summed E-state index contributed by atoms with van der Waals surface area (Å²) in [6.45, 7) is 0. The topological polar surface area (TPSA) is 12.4 Å². The van der Waals surface area contributed by atoms with Gasteiger partial charge in [0.15, 0.2) is 12.0 Å². The van der Waals surface area contributed by atoms with E-state index in [0.29, 0.717) is 0 Å². The Labute approximate surface area is 82.9 Å². The first-order valence-electron chi connectivity index (χ1n) is 4.21. The lowest BCUT2D eigenvalue weighted by molar-refractivity contribution is 0.625. The molecule has 2 rings (SSSR count). The average molecular weight is 193 g/mol. The van der Waals surface area contributed by atoms with Gasteiger partial charge in [0.2, 0.25) is 0 Å². The highest BCUT2D eigenvalue weighted by Gasteiger charge is 2.28. The summed E-state index contributed by atoms with van der Waals surface area (Å²) in [6.07, 6.45) is 4.06. The maximum Gasteiger partial charge on any atom is 0.195 e. The molecule has 0 aromatic heterocycles. The van der Waals surface area contributed by atoms with E-state index in [9.17, 15) is 0 Å². The fourth-order valence-corrected chi connectivity index (χ4v) is 2.10. The molecule has 1 aromatic carbocycles. The van der Waals surface area contributed by atoms with Gasteiger partial charge in [-0.2, -0.15) is 4.99 Å². The van der Waals surface area contributed by atoms with Crippen molar-refractivity contribution in [2.24, 2.45) is 4.99 Å². The van der Waals surface area contributed by atoms with Gasteiger partial charge in [-0.05, 0) is 12.3 Å². The van der Waals surface area contributed by atoms with Gasteiger partial charge in [-0.1, -0.05) is 6.07 Å². The maximum absolute atomic E-state index is 4.45. The molecule has 0 unspecified atom stereocenters. The van der Waals surface area contributed by atoms with Gasteiger partial charge in [0.05, 0.1) is 14.1 Å². The molecule has 0 saturated carbocycles. The number of rotatable bonds is 1. The molecular weight excluding hydrogens is 180 g/mol. The Morgan fingerprint density at radius 2 is 2.08 bits per heavy atom. The lowest BCUT2D eigenvalue weighted by Crippen LogP contribution is -2.36. The van der Waals surface area contributed by atoms with E-state index in [1.165, 1.54) is 10.6 Å². The van der Waals surface area contributed by atoms with Crippen molar-refractivity contribution in [1.29, 1.82) is 0 Å². The summed E-state index contributed by atoms with van der Waals surface area (Å²) in [7, 11) is 4.28. The Kier molecular flexibility index (Phi) is 1.93. The van der Waals surface area contributed by atoms with Gasteiger partial charge in [0.25, 0.3) is 0 Å². The highest BCUT2D eigenvalue weighted by molar-refractivity contribution is 7.98. The van der Waals surface area contributed by atoms with Crippen molar-refractivity contribution in [3.05, 3.63) is 18.2 Å². The van der Waals surface area contributed by atoms with Gasteiger partial charge in [-0.25, -0.2) is 0 Å². The SMILES string of the molecule is CSc1cccc2c1N=C[N+]2(C)C. The van der Waals surface area contributed by atoms with Crippen LogP contribution in [-0.4, -0.2) is 26.7 Å². The van der Waals surface area contributed by atoms with Gasteiger partial charge in [0.1, 0.15) is 5.69 Å². The summed E-state index contributed by atoms with van der Waals surface area (Å²) in [5, 5.41) is 0. The minimum atomic E-state index is 0.754. The molecule has 1 aliphatic heterocycles. The normalized spacial score (nSPS) is 17.5. The van der Waals surface area contributed by atoms with Gasteiger partial charge < -0.3 is 0 Å². The number of aliphatic imine (C=N–C) groups is 1. The second-order valence-electron chi connectivity index (χ2n) is 3.61. The second-order valence-corrected chi connectivity index (χ2v) is 4.46. The Morgan fingerprint density at radius 1 is 1.31 bits per heavy atom. The molecule has 0 fully saturated rings. The molecule has 1 aliphatic rings.